The summed E-state index contributed by atoms with van der Waals surface area (Å²) in [4.78, 5) is 39.4. The molecule has 2 saturated heterocycles. The van der Waals surface area contributed by atoms with Crippen molar-refractivity contribution in [2.45, 2.75) is 69.7 Å². The third-order valence-electron chi connectivity index (χ3n) is 10.0. The van der Waals surface area contributed by atoms with Crippen LogP contribution in [0.5, 0.6) is 0 Å². The van der Waals surface area contributed by atoms with Crippen LogP contribution in [-0.2, 0) is 17.6 Å². The van der Waals surface area contributed by atoms with Crippen LogP contribution in [0, 0.1) is 11.3 Å². The Morgan fingerprint density at radius 2 is 1.89 bits per heavy atom. The van der Waals surface area contributed by atoms with Gasteiger partial charge >= 0.3 is 12.3 Å². The molecule has 4 heterocycles. The lowest BCUT2D eigenvalue weighted by Crippen LogP contribution is -2.38. The molecule has 0 bridgehead atoms. The predicted octanol–water partition coefficient (Wildman–Crippen LogP) is 5.41. The Labute approximate surface area is 262 Å². The van der Waals surface area contributed by atoms with E-state index in [4.69, 9.17) is 9.72 Å². The number of amides is 2. The standard InChI is InChI=1S/C32H36F3N5O4S/c33-32(34,35)31(10-11-31)21-3-6-24-20(17-21)18-26-28(37-24)45-29(38-26)27(42)36-25(9-14-39-12-7-23(41)8-13-39)19-1-4-22(5-2-19)40-15-16-44-30(40)43/h1-2,4-5,18,21,23,25,41H,3,6-17H2,(H,36,42)/t21-,25?/m0/s1. The van der Waals surface area contributed by atoms with Gasteiger partial charge in [-0.05, 0) is 86.6 Å². The Morgan fingerprint density at radius 3 is 2.56 bits per heavy atom. The molecule has 2 aliphatic heterocycles. The average Bonchev–Trinajstić information content (AvgIpc) is 3.59. The molecule has 2 aromatic heterocycles. The summed E-state index contributed by atoms with van der Waals surface area (Å²) >= 11 is 1.19. The number of halogens is 3. The lowest BCUT2D eigenvalue weighted by Gasteiger charge is -2.32. The Hall–Kier alpha value is -3.29. The summed E-state index contributed by atoms with van der Waals surface area (Å²) in [6, 6.07) is 9.00. The number of nitrogens with one attached hydrogen (secondary N) is 1. The number of thiazole rings is 1. The zero-order chi connectivity index (χ0) is 31.3. The fraction of sp³-hybridized carbons (Fsp3) is 0.562. The minimum atomic E-state index is -4.19. The van der Waals surface area contributed by atoms with Gasteiger partial charge < -0.3 is 20.1 Å². The van der Waals surface area contributed by atoms with Crippen molar-refractivity contribution in [3.8, 4) is 0 Å². The minimum absolute atomic E-state index is 0.196. The number of hydrogen-bond acceptors (Lipinski definition) is 8. The van der Waals surface area contributed by atoms with Crippen LogP contribution in [0.4, 0.5) is 23.7 Å². The molecular weight excluding hydrogens is 607 g/mol. The maximum absolute atomic E-state index is 13.8. The fourth-order valence-corrected chi connectivity index (χ4v) is 7.99. The van der Waals surface area contributed by atoms with Gasteiger partial charge in [0.05, 0.1) is 24.1 Å². The molecule has 1 aromatic carbocycles. The largest absolute Gasteiger partial charge is 0.447 e. The van der Waals surface area contributed by atoms with Crippen LogP contribution in [0.2, 0.25) is 0 Å². The monoisotopic (exact) mass is 643 g/mol. The molecule has 9 nitrogen and oxygen atoms in total. The van der Waals surface area contributed by atoms with Crippen molar-refractivity contribution < 1.29 is 32.6 Å². The van der Waals surface area contributed by atoms with Crippen molar-refractivity contribution in [1.29, 1.82) is 0 Å². The van der Waals surface area contributed by atoms with Gasteiger partial charge in [-0.3, -0.25) is 9.69 Å². The number of anilines is 1. The molecule has 0 radical (unpaired) electrons. The maximum atomic E-state index is 13.8. The number of fused-ring (bicyclic) bond motifs is 2. The van der Waals surface area contributed by atoms with E-state index in [0.717, 1.165) is 55.0 Å². The smallest absolute Gasteiger partial charge is 0.414 e. The quantitative estimate of drug-likeness (QED) is 0.338. The van der Waals surface area contributed by atoms with E-state index in [1.165, 1.54) is 11.3 Å². The summed E-state index contributed by atoms with van der Waals surface area (Å²) in [5, 5.41) is 13.3. The number of likely N-dealkylation sites (tertiary alicyclic amines) is 1. The second-order valence-corrected chi connectivity index (χ2v) is 13.8. The van der Waals surface area contributed by atoms with Gasteiger partial charge in [0.25, 0.3) is 5.91 Å². The van der Waals surface area contributed by atoms with Crippen LogP contribution in [0.25, 0.3) is 10.3 Å². The number of carbonyl (C=O) groups excluding carboxylic acids is 2. The lowest BCUT2D eigenvalue weighted by molar-refractivity contribution is -0.204. The molecule has 3 aromatic rings. The topological polar surface area (TPSA) is 108 Å². The zero-order valence-corrected chi connectivity index (χ0v) is 25.6. The van der Waals surface area contributed by atoms with Crippen LogP contribution < -0.4 is 10.2 Å². The molecule has 13 heteroatoms. The minimum Gasteiger partial charge on any atom is -0.447 e. The van der Waals surface area contributed by atoms with E-state index in [-0.39, 0.29) is 42.0 Å². The first-order chi connectivity index (χ1) is 21.6. The van der Waals surface area contributed by atoms with Gasteiger partial charge in [0.15, 0.2) is 5.01 Å². The van der Waals surface area contributed by atoms with E-state index in [1.54, 1.807) is 4.90 Å². The summed E-state index contributed by atoms with van der Waals surface area (Å²) in [5.74, 6) is -0.786. The van der Waals surface area contributed by atoms with E-state index >= 15 is 0 Å². The molecule has 7 rings (SSSR count). The number of aliphatic hydroxyl groups excluding tert-OH is 1. The number of rotatable bonds is 8. The van der Waals surface area contributed by atoms with Gasteiger partial charge in [0.2, 0.25) is 0 Å². The van der Waals surface area contributed by atoms with Gasteiger partial charge in [-0.2, -0.15) is 13.2 Å². The number of carbonyl (C=O) groups is 2. The van der Waals surface area contributed by atoms with Crippen molar-refractivity contribution >= 4 is 39.4 Å². The molecule has 3 fully saturated rings. The third-order valence-corrected chi connectivity index (χ3v) is 11.0. The number of nitrogens with zero attached hydrogens (tertiary/aromatic N) is 4. The molecule has 1 saturated carbocycles. The number of aromatic nitrogens is 2. The Morgan fingerprint density at radius 1 is 1.13 bits per heavy atom. The van der Waals surface area contributed by atoms with E-state index in [2.05, 4.69) is 15.2 Å². The van der Waals surface area contributed by atoms with Gasteiger partial charge in [0.1, 0.15) is 17.0 Å². The highest BCUT2D eigenvalue weighted by atomic mass is 32.1. The summed E-state index contributed by atoms with van der Waals surface area (Å²) in [5.41, 5.74) is 2.19. The number of hydrogen-bond donors (Lipinski definition) is 2. The number of alkyl halides is 3. The lowest BCUT2D eigenvalue weighted by atomic mass is 9.76. The molecule has 2 amide bonds. The Balaban J connectivity index is 1.09. The SMILES string of the molecule is O=C(NC(CCN1CCC(O)CC1)c1ccc(N2CCOC2=O)cc1)c1nc2cc3c(nc2s1)CC[C@H](C1(C(F)(F)F)CC1)C3. The zero-order valence-electron chi connectivity index (χ0n) is 24.8. The molecular formula is C32H36F3N5O4S. The van der Waals surface area contributed by atoms with Crippen LogP contribution >= 0.6 is 11.3 Å². The molecule has 0 spiro atoms. The normalized spacial score (nSPS) is 22.7. The first-order valence-corrected chi connectivity index (χ1v) is 16.5. The van der Waals surface area contributed by atoms with Crippen molar-refractivity contribution in [1.82, 2.24) is 20.2 Å². The van der Waals surface area contributed by atoms with Gasteiger partial charge in [-0.25, -0.2) is 14.8 Å². The summed E-state index contributed by atoms with van der Waals surface area (Å²) < 4.78 is 46.5. The number of aryl methyl sites for hydroxylation is 1. The molecule has 1 unspecified atom stereocenters. The molecule has 2 atom stereocenters. The fourth-order valence-electron chi connectivity index (χ4n) is 7.15. The Kier molecular flexibility index (Phi) is 7.97. The second kappa shape index (κ2) is 11.8. The van der Waals surface area contributed by atoms with E-state index in [1.807, 2.05) is 30.3 Å². The molecule has 2 N–H and O–H groups in total. The first kappa shape index (κ1) is 30.4. The van der Waals surface area contributed by atoms with E-state index < -0.39 is 17.5 Å². The number of benzene rings is 1. The highest BCUT2D eigenvalue weighted by Crippen LogP contribution is 2.64. The predicted molar refractivity (Wildman–Crippen MR) is 162 cm³/mol. The Bertz CT molecular complexity index is 1580. The number of ether oxygens (including phenoxy) is 1. The summed E-state index contributed by atoms with van der Waals surface area (Å²) in [6.07, 6.45) is -1.09. The van der Waals surface area contributed by atoms with Crippen LogP contribution in [0.15, 0.2) is 30.3 Å². The highest BCUT2D eigenvalue weighted by molar-refractivity contribution is 7.19. The second-order valence-electron chi connectivity index (χ2n) is 12.8. The van der Waals surface area contributed by atoms with E-state index in [0.29, 0.717) is 49.2 Å². The molecule has 45 heavy (non-hydrogen) atoms. The molecule has 2 aliphatic carbocycles. The van der Waals surface area contributed by atoms with Crippen molar-refractivity contribution in [3.05, 3.63) is 52.2 Å². The van der Waals surface area contributed by atoms with Gasteiger partial charge in [-0.1, -0.05) is 23.5 Å². The van der Waals surface area contributed by atoms with Crippen molar-refractivity contribution in [2.75, 3.05) is 37.7 Å². The average molecular weight is 644 g/mol. The molecule has 240 valence electrons. The third kappa shape index (κ3) is 6.01. The molecule has 4 aliphatic rings. The highest BCUT2D eigenvalue weighted by Gasteiger charge is 2.66. The number of aliphatic hydroxyl groups is 1. The summed E-state index contributed by atoms with van der Waals surface area (Å²) in [7, 11) is 0. The maximum Gasteiger partial charge on any atom is 0.414 e. The number of pyridine rings is 1. The van der Waals surface area contributed by atoms with Crippen molar-refractivity contribution in [3.63, 3.8) is 0 Å². The van der Waals surface area contributed by atoms with Crippen LogP contribution in [0.3, 0.4) is 0 Å². The van der Waals surface area contributed by atoms with Crippen molar-refractivity contribution in [2.24, 2.45) is 11.3 Å². The van der Waals surface area contributed by atoms with Gasteiger partial charge in [0, 0.05) is 31.0 Å². The summed E-state index contributed by atoms with van der Waals surface area (Å²) in [6.45, 7) is 3.14. The van der Waals surface area contributed by atoms with E-state index in [9.17, 15) is 27.9 Å². The van der Waals surface area contributed by atoms with Crippen LogP contribution in [-0.4, -0.2) is 77.0 Å². The first-order valence-electron chi connectivity index (χ1n) is 15.7. The van der Waals surface area contributed by atoms with Gasteiger partial charge in [-0.15, -0.1) is 0 Å². The van der Waals surface area contributed by atoms with Crippen LogP contribution in [0.1, 0.15) is 71.2 Å². The number of cyclic esters (lactones) is 1. The number of piperidine rings is 1.